The second-order valence-corrected chi connectivity index (χ2v) is 6.27. The van der Waals surface area contributed by atoms with Crippen molar-refractivity contribution >= 4 is 5.91 Å². The molecule has 5 nitrogen and oxygen atoms in total. The summed E-state index contributed by atoms with van der Waals surface area (Å²) in [6, 6.07) is 17.4. The van der Waals surface area contributed by atoms with E-state index in [1.165, 1.54) is 0 Å². The highest BCUT2D eigenvalue weighted by atomic mass is 16.5. The number of hydrogen-bond donors (Lipinski definition) is 0. The Labute approximate surface area is 153 Å². The molecular weight excluding hydrogens is 326 g/mol. The summed E-state index contributed by atoms with van der Waals surface area (Å²) in [5.41, 5.74) is 2.85. The molecule has 0 aliphatic carbocycles. The van der Waals surface area contributed by atoms with Crippen molar-refractivity contribution in [1.82, 2.24) is 14.7 Å². The van der Waals surface area contributed by atoms with E-state index in [2.05, 4.69) is 5.10 Å². The molecule has 0 aliphatic rings. The van der Waals surface area contributed by atoms with Gasteiger partial charge in [-0.05, 0) is 48.4 Å². The van der Waals surface area contributed by atoms with E-state index in [-0.39, 0.29) is 11.9 Å². The van der Waals surface area contributed by atoms with Gasteiger partial charge in [-0.25, -0.2) is 0 Å². The third-order valence-corrected chi connectivity index (χ3v) is 4.60. The van der Waals surface area contributed by atoms with Gasteiger partial charge in [-0.3, -0.25) is 9.48 Å². The van der Waals surface area contributed by atoms with Crippen LogP contribution in [0.5, 0.6) is 5.75 Å². The fraction of sp³-hybridized carbons (Fsp3) is 0.238. The first-order chi connectivity index (χ1) is 12.6. The summed E-state index contributed by atoms with van der Waals surface area (Å²) < 4.78 is 7.04. The summed E-state index contributed by atoms with van der Waals surface area (Å²) >= 11 is 0. The van der Waals surface area contributed by atoms with Crippen LogP contribution in [0.4, 0.5) is 0 Å². The van der Waals surface area contributed by atoms with Crippen molar-refractivity contribution in [3.05, 3.63) is 83.7 Å². The largest absolute Gasteiger partial charge is 0.497 e. The zero-order valence-corrected chi connectivity index (χ0v) is 15.3. The quantitative estimate of drug-likeness (QED) is 0.680. The van der Waals surface area contributed by atoms with E-state index in [1.54, 1.807) is 18.2 Å². The van der Waals surface area contributed by atoms with Crippen LogP contribution in [0.15, 0.2) is 67.0 Å². The standard InChI is InChI=1S/C21H23N3O2/c1-16(18-9-11-20(26-3)12-10-18)23(2)21(25)19-7-5-17(6-8-19)15-24-14-4-13-22-24/h4-14,16H,15H2,1-3H3. The zero-order chi connectivity index (χ0) is 18.5. The van der Waals surface area contributed by atoms with Crippen LogP contribution in [0.2, 0.25) is 0 Å². The maximum absolute atomic E-state index is 12.8. The van der Waals surface area contributed by atoms with Gasteiger partial charge in [-0.15, -0.1) is 0 Å². The molecule has 0 N–H and O–H groups in total. The Bertz CT molecular complexity index is 840. The molecule has 0 bridgehead atoms. The Morgan fingerprint density at radius 1 is 1.15 bits per heavy atom. The van der Waals surface area contributed by atoms with E-state index < -0.39 is 0 Å². The Balaban J connectivity index is 1.68. The lowest BCUT2D eigenvalue weighted by Gasteiger charge is -2.25. The molecule has 1 atom stereocenters. The van der Waals surface area contributed by atoms with Gasteiger partial charge in [0.25, 0.3) is 5.91 Å². The van der Waals surface area contributed by atoms with Crippen molar-refractivity contribution in [3.63, 3.8) is 0 Å². The zero-order valence-electron chi connectivity index (χ0n) is 15.3. The van der Waals surface area contributed by atoms with Gasteiger partial charge < -0.3 is 9.64 Å². The van der Waals surface area contributed by atoms with E-state index in [0.717, 1.165) is 16.9 Å². The molecule has 0 fully saturated rings. The van der Waals surface area contributed by atoms with Crippen LogP contribution in [-0.2, 0) is 6.54 Å². The van der Waals surface area contributed by atoms with Gasteiger partial charge in [-0.2, -0.15) is 5.10 Å². The van der Waals surface area contributed by atoms with E-state index in [4.69, 9.17) is 4.74 Å². The van der Waals surface area contributed by atoms with E-state index in [9.17, 15) is 4.79 Å². The van der Waals surface area contributed by atoms with Gasteiger partial charge in [0.15, 0.2) is 0 Å². The highest BCUT2D eigenvalue weighted by Crippen LogP contribution is 2.23. The molecular formula is C21H23N3O2. The highest BCUT2D eigenvalue weighted by molar-refractivity contribution is 5.94. The fourth-order valence-electron chi connectivity index (χ4n) is 2.82. The van der Waals surface area contributed by atoms with Crippen LogP contribution >= 0.6 is 0 Å². The van der Waals surface area contributed by atoms with E-state index in [0.29, 0.717) is 12.1 Å². The molecule has 3 rings (SSSR count). The lowest BCUT2D eigenvalue weighted by Crippen LogP contribution is -2.29. The second kappa shape index (κ2) is 7.87. The van der Waals surface area contributed by atoms with Crippen LogP contribution in [-0.4, -0.2) is 34.7 Å². The number of aromatic nitrogens is 2. The normalized spacial score (nSPS) is 11.8. The Hall–Kier alpha value is -3.08. The first-order valence-corrected chi connectivity index (χ1v) is 8.56. The molecule has 2 aromatic carbocycles. The van der Waals surface area contributed by atoms with Gasteiger partial charge >= 0.3 is 0 Å². The fourth-order valence-corrected chi connectivity index (χ4v) is 2.82. The first kappa shape index (κ1) is 17.7. The van der Waals surface area contributed by atoms with Crippen LogP contribution < -0.4 is 4.74 Å². The van der Waals surface area contributed by atoms with E-state index >= 15 is 0 Å². The Morgan fingerprint density at radius 2 is 1.85 bits per heavy atom. The number of methoxy groups -OCH3 is 1. The first-order valence-electron chi connectivity index (χ1n) is 8.56. The molecule has 134 valence electrons. The SMILES string of the molecule is COc1ccc(C(C)N(C)C(=O)c2ccc(Cn3cccn3)cc2)cc1. The number of rotatable bonds is 6. The average molecular weight is 349 g/mol. The Morgan fingerprint density at radius 3 is 2.42 bits per heavy atom. The van der Waals surface area contributed by atoms with Gasteiger partial charge in [0.1, 0.15) is 5.75 Å². The summed E-state index contributed by atoms with van der Waals surface area (Å²) in [5.74, 6) is 0.807. The molecule has 0 aliphatic heterocycles. The van der Waals surface area contributed by atoms with Crippen molar-refractivity contribution in [2.75, 3.05) is 14.2 Å². The molecule has 5 heteroatoms. The lowest BCUT2D eigenvalue weighted by molar-refractivity contribution is 0.0742. The summed E-state index contributed by atoms with van der Waals surface area (Å²) in [5, 5.41) is 4.20. The number of nitrogens with zero attached hydrogens (tertiary/aromatic N) is 3. The van der Waals surface area contributed by atoms with Crippen LogP contribution in [0.3, 0.4) is 0 Å². The number of ether oxygens (including phenoxy) is 1. The maximum atomic E-state index is 12.8. The minimum atomic E-state index is -0.0304. The number of benzene rings is 2. The van der Waals surface area contributed by atoms with E-state index in [1.807, 2.05) is 79.4 Å². The Kier molecular flexibility index (Phi) is 5.37. The molecule has 0 radical (unpaired) electrons. The summed E-state index contributed by atoms with van der Waals surface area (Å²) in [4.78, 5) is 14.5. The molecule has 1 heterocycles. The predicted molar refractivity (Wildman–Crippen MR) is 101 cm³/mol. The van der Waals surface area contributed by atoms with Crippen molar-refractivity contribution in [2.24, 2.45) is 0 Å². The molecule has 1 unspecified atom stereocenters. The summed E-state index contributed by atoms with van der Waals surface area (Å²) in [7, 11) is 3.47. The van der Waals surface area contributed by atoms with Crippen molar-refractivity contribution in [3.8, 4) is 5.75 Å². The summed E-state index contributed by atoms with van der Waals surface area (Å²) in [6.45, 7) is 2.71. The number of carbonyl (C=O) groups is 1. The monoisotopic (exact) mass is 349 g/mol. The number of carbonyl (C=O) groups excluding carboxylic acids is 1. The van der Waals surface area contributed by atoms with Gasteiger partial charge in [-0.1, -0.05) is 24.3 Å². The molecule has 26 heavy (non-hydrogen) atoms. The average Bonchev–Trinajstić information content (AvgIpc) is 3.20. The van der Waals surface area contributed by atoms with Crippen molar-refractivity contribution < 1.29 is 9.53 Å². The third kappa shape index (κ3) is 3.94. The van der Waals surface area contributed by atoms with Gasteiger partial charge in [0, 0.05) is 25.0 Å². The smallest absolute Gasteiger partial charge is 0.254 e. The molecule has 0 saturated heterocycles. The molecule has 0 spiro atoms. The molecule has 3 aromatic rings. The van der Waals surface area contributed by atoms with Crippen molar-refractivity contribution in [2.45, 2.75) is 19.5 Å². The maximum Gasteiger partial charge on any atom is 0.254 e. The highest BCUT2D eigenvalue weighted by Gasteiger charge is 2.19. The third-order valence-electron chi connectivity index (χ3n) is 4.60. The van der Waals surface area contributed by atoms with Gasteiger partial charge in [0.2, 0.25) is 0 Å². The summed E-state index contributed by atoms with van der Waals surface area (Å²) in [6.07, 6.45) is 3.68. The molecule has 1 amide bonds. The van der Waals surface area contributed by atoms with Crippen LogP contribution in [0.1, 0.15) is 34.5 Å². The second-order valence-electron chi connectivity index (χ2n) is 6.27. The minimum Gasteiger partial charge on any atom is -0.497 e. The number of hydrogen-bond acceptors (Lipinski definition) is 3. The molecule has 1 aromatic heterocycles. The van der Waals surface area contributed by atoms with Crippen LogP contribution in [0, 0.1) is 0 Å². The van der Waals surface area contributed by atoms with Crippen LogP contribution in [0.25, 0.3) is 0 Å². The van der Waals surface area contributed by atoms with Gasteiger partial charge in [0.05, 0.1) is 19.7 Å². The predicted octanol–water partition coefficient (Wildman–Crippen LogP) is 3.77. The number of amides is 1. The minimum absolute atomic E-state index is 0.000966. The lowest BCUT2D eigenvalue weighted by atomic mass is 10.1. The molecule has 0 saturated carbocycles. The van der Waals surface area contributed by atoms with Crippen molar-refractivity contribution in [1.29, 1.82) is 0 Å². The topological polar surface area (TPSA) is 47.4 Å².